The molecule has 0 heterocycles. The summed E-state index contributed by atoms with van der Waals surface area (Å²) in [5.74, 6) is 1.14. The fraction of sp³-hybridized carbons (Fsp3) is 0.917. The van der Waals surface area contributed by atoms with Gasteiger partial charge in [-0.2, -0.15) is 11.8 Å². The Kier molecular flexibility index (Phi) is 7.07. The number of carbonyl (C=O) groups excluding carboxylic acids is 1. The molecular formula is C12H26N2OS. The van der Waals surface area contributed by atoms with Crippen LogP contribution in [0.2, 0.25) is 0 Å². The molecule has 0 saturated carbocycles. The Labute approximate surface area is 104 Å². The van der Waals surface area contributed by atoms with Crippen molar-refractivity contribution in [2.45, 2.75) is 52.6 Å². The summed E-state index contributed by atoms with van der Waals surface area (Å²) >= 11 is 1.80. The van der Waals surface area contributed by atoms with E-state index in [2.05, 4.69) is 32.3 Å². The number of hydrogen-bond donors (Lipinski definition) is 2. The minimum absolute atomic E-state index is 0.0140. The molecule has 3 N–H and O–H groups in total. The molecule has 0 fully saturated rings. The maximum Gasteiger partial charge on any atom is 0.221 e. The lowest BCUT2D eigenvalue weighted by molar-refractivity contribution is -0.122. The van der Waals surface area contributed by atoms with E-state index in [4.69, 9.17) is 5.73 Å². The van der Waals surface area contributed by atoms with Gasteiger partial charge in [-0.1, -0.05) is 20.8 Å². The van der Waals surface area contributed by atoms with E-state index in [1.165, 1.54) is 0 Å². The number of amides is 1. The van der Waals surface area contributed by atoms with Crippen molar-refractivity contribution in [3.05, 3.63) is 0 Å². The van der Waals surface area contributed by atoms with Gasteiger partial charge in [0.15, 0.2) is 0 Å². The highest BCUT2D eigenvalue weighted by Crippen LogP contribution is 2.19. The van der Waals surface area contributed by atoms with Gasteiger partial charge in [0.25, 0.3) is 0 Å². The second kappa shape index (κ2) is 7.17. The number of rotatable bonds is 6. The Morgan fingerprint density at radius 2 is 2.00 bits per heavy atom. The highest BCUT2D eigenvalue weighted by molar-refractivity contribution is 7.98. The van der Waals surface area contributed by atoms with Crippen LogP contribution in [0.3, 0.4) is 0 Å². The van der Waals surface area contributed by atoms with Gasteiger partial charge in [-0.05, 0) is 30.8 Å². The third-order valence-electron chi connectivity index (χ3n) is 2.68. The minimum atomic E-state index is -0.0831. The molecule has 0 aliphatic heterocycles. The fourth-order valence-corrected chi connectivity index (χ4v) is 1.80. The molecule has 0 aromatic carbocycles. The maximum absolute atomic E-state index is 11.7. The zero-order valence-corrected chi connectivity index (χ0v) is 12.0. The summed E-state index contributed by atoms with van der Waals surface area (Å²) in [6, 6.07) is 0.160. The third kappa shape index (κ3) is 7.12. The molecular weight excluding hydrogens is 220 g/mol. The van der Waals surface area contributed by atoms with Crippen LogP contribution in [0.4, 0.5) is 0 Å². The summed E-state index contributed by atoms with van der Waals surface area (Å²) in [7, 11) is 0. The fourth-order valence-electron chi connectivity index (χ4n) is 1.21. The van der Waals surface area contributed by atoms with E-state index in [1.54, 1.807) is 11.8 Å². The lowest BCUT2D eigenvalue weighted by atomic mass is 9.85. The summed E-state index contributed by atoms with van der Waals surface area (Å²) in [6.07, 6.45) is 3.49. The van der Waals surface area contributed by atoms with E-state index in [1.807, 2.05) is 6.92 Å². The molecule has 2 unspecified atom stereocenters. The monoisotopic (exact) mass is 246 g/mol. The molecule has 0 saturated heterocycles. The summed E-state index contributed by atoms with van der Waals surface area (Å²) < 4.78 is 0. The second-order valence-corrected chi connectivity index (χ2v) is 6.41. The van der Waals surface area contributed by atoms with Crippen molar-refractivity contribution in [2.75, 3.05) is 12.0 Å². The first-order valence-corrected chi connectivity index (χ1v) is 7.20. The van der Waals surface area contributed by atoms with Crippen molar-refractivity contribution in [3.63, 3.8) is 0 Å². The molecule has 0 aromatic rings. The van der Waals surface area contributed by atoms with E-state index < -0.39 is 0 Å². The number of hydrogen-bond acceptors (Lipinski definition) is 3. The van der Waals surface area contributed by atoms with Crippen LogP contribution in [-0.2, 0) is 4.79 Å². The van der Waals surface area contributed by atoms with Crippen molar-refractivity contribution < 1.29 is 4.79 Å². The van der Waals surface area contributed by atoms with Crippen LogP contribution in [0.1, 0.15) is 40.5 Å². The zero-order chi connectivity index (χ0) is 12.8. The Balaban J connectivity index is 3.90. The highest BCUT2D eigenvalue weighted by Gasteiger charge is 2.23. The molecule has 16 heavy (non-hydrogen) atoms. The van der Waals surface area contributed by atoms with E-state index in [0.717, 1.165) is 12.2 Å². The zero-order valence-electron chi connectivity index (χ0n) is 11.2. The maximum atomic E-state index is 11.7. The predicted molar refractivity (Wildman–Crippen MR) is 72.7 cm³/mol. The molecule has 4 heteroatoms. The molecule has 0 radical (unpaired) electrons. The molecule has 0 aromatic heterocycles. The molecule has 1 amide bonds. The van der Waals surface area contributed by atoms with Gasteiger partial charge in [-0.3, -0.25) is 4.79 Å². The summed E-state index contributed by atoms with van der Waals surface area (Å²) in [5, 5.41) is 2.99. The molecule has 0 spiro atoms. The first-order valence-electron chi connectivity index (χ1n) is 5.81. The number of carbonyl (C=O) groups is 1. The van der Waals surface area contributed by atoms with E-state index in [9.17, 15) is 4.79 Å². The van der Waals surface area contributed by atoms with Crippen LogP contribution in [0.25, 0.3) is 0 Å². The number of nitrogens with two attached hydrogens (primary N) is 1. The smallest absolute Gasteiger partial charge is 0.221 e. The standard InChI is InChI=1S/C12H26N2OS/c1-9(6-7-16-5)14-11(15)8-10(13)12(2,3)4/h9-10H,6-8,13H2,1-5H3,(H,14,15). The van der Waals surface area contributed by atoms with E-state index in [-0.39, 0.29) is 23.4 Å². The van der Waals surface area contributed by atoms with Gasteiger partial charge in [0.2, 0.25) is 5.91 Å². The topological polar surface area (TPSA) is 55.1 Å². The van der Waals surface area contributed by atoms with Crippen molar-refractivity contribution in [1.29, 1.82) is 0 Å². The molecule has 0 bridgehead atoms. The Bertz CT molecular complexity index is 214. The molecule has 0 aliphatic carbocycles. The van der Waals surface area contributed by atoms with Crippen LogP contribution in [0.5, 0.6) is 0 Å². The van der Waals surface area contributed by atoms with Gasteiger partial charge in [-0.15, -0.1) is 0 Å². The van der Waals surface area contributed by atoms with Gasteiger partial charge >= 0.3 is 0 Å². The Morgan fingerprint density at radius 3 is 2.44 bits per heavy atom. The number of nitrogens with one attached hydrogen (secondary N) is 1. The van der Waals surface area contributed by atoms with Gasteiger partial charge in [-0.25, -0.2) is 0 Å². The Morgan fingerprint density at radius 1 is 1.44 bits per heavy atom. The van der Waals surface area contributed by atoms with E-state index >= 15 is 0 Å². The lowest BCUT2D eigenvalue weighted by Crippen LogP contribution is -2.42. The van der Waals surface area contributed by atoms with Crippen molar-refractivity contribution >= 4 is 17.7 Å². The third-order valence-corrected chi connectivity index (χ3v) is 3.32. The van der Waals surface area contributed by atoms with Gasteiger partial charge < -0.3 is 11.1 Å². The van der Waals surface area contributed by atoms with Gasteiger partial charge in [0.05, 0.1) is 0 Å². The normalized spacial score (nSPS) is 15.6. The van der Waals surface area contributed by atoms with Crippen molar-refractivity contribution in [2.24, 2.45) is 11.1 Å². The molecule has 0 rings (SSSR count). The predicted octanol–water partition coefficient (Wildman–Crippen LogP) is 2.01. The average molecular weight is 246 g/mol. The van der Waals surface area contributed by atoms with Crippen molar-refractivity contribution in [1.82, 2.24) is 5.32 Å². The SMILES string of the molecule is CSCCC(C)NC(=O)CC(N)C(C)(C)C. The molecule has 96 valence electrons. The highest BCUT2D eigenvalue weighted by atomic mass is 32.2. The van der Waals surface area contributed by atoms with Crippen LogP contribution >= 0.6 is 11.8 Å². The van der Waals surface area contributed by atoms with Crippen molar-refractivity contribution in [3.8, 4) is 0 Å². The summed E-state index contributed by atoms with van der Waals surface area (Å²) in [5.41, 5.74) is 5.95. The van der Waals surface area contributed by atoms with Crippen LogP contribution in [0.15, 0.2) is 0 Å². The second-order valence-electron chi connectivity index (χ2n) is 5.43. The van der Waals surface area contributed by atoms with E-state index in [0.29, 0.717) is 6.42 Å². The Hall–Kier alpha value is -0.220. The average Bonchev–Trinajstić information content (AvgIpc) is 2.12. The van der Waals surface area contributed by atoms with Gasteiger partial charge in [0.1, 0.15) is 0 Å². The largest absolute Gasteiger partial charge is 0.354 e. The quantitative estimate of drug-likeness (QED) is 0.754. The molecule has 0 aliphatic rings. The summed E-state index contributed by atoms with van der Waals surface area (Å²) in [4.78, 5) is 11.7. The number of thioether (sulfide) groups is 1. The first-order chi connectivity index (χ1) is 7.27. The van der Waals surface area contributed by atoms with Gasteiger partial charge in [0, 0.05) is 18.5 Å². The summed E-state index contributed by atoms with van der Waals surface area (Å²) in [6.45, 7) is 8.21. The molecule has 2 atom stereocenters. The lowest BCUT2D eigenvalue weighted by Gasteiger charge is -2.27. The minimum Gasteiger partial charge on any atom is -0.354 e. The van der Waals surface area contributed by atoms with Crippen LogP contribution < -0.4 is 11.1 Å². The van der Waals surface area contributed by atoms with Crippen LogP contribution in [0, 0.1) is 5.41 Å². The first kappa shape index (κ1) is 15.8. The van der Waals surface area contributed by atoms with Crippen LogP contribution in [-0.4, -0.2) is 30.0 Å². The molecule has 3 nitrogen and oxygen atoms in total.